The predicted molar refractivity (Wildman–Crippen MR) is 89.1 cm³/mol. The van der Waals surface area contributed by atoms with Gasteiger partial charge in [0.25, 0.3) is 0 Å². The van der Waals surface area contributed by atoms with E-state index in [0.717, 1.165) is 11.1 Å². The molecule has 1 aromatic heterocycles. The van der Waals surface area contributed by atoms with Crippen molar-refractivity contribution in [3.8, 4) is 11.3 Å². The number of nitrogens with zero attached hydrogens (tertiary/aromatic N) is 1. The lowest BCUT2D eigenvalue weighted by atomic mass is 10.0. The van der Waals surface area contributed by atoms with Crippen LogP contribution in [0.15, 0.2) is 24.3 Å². The second-order valence-electron chi connectivity index (χ2n) is 5.54. The van der Waals surface area contributed by atoms with Crippen molar-refractivity contribution in [3.63, 3.8) is 0 Å². The standard InChI is InChI=1S/C17H17NO5S/c1-10-4-6-11(7-5-10)15-14(17(20)23-3)13(16(19)22-2)12-8-24(21)9-18(12)15/h4-7H,8-9H2,1-3H3/t24-/m0/s1. The lowest BCUT2D eigenvalue weighted by molar-refractivity contribution is 0.0556. The summed E-state index contributed by atoms with van der Waals surface area (Å²) in [4.78, 5) is 24.7. The molecular weight excluding hydrogens is 330 g/mol. The number of carbonyl (C=O) groups is 2. The van der Waals surface area contributed by atoms with Gasteiger partial charge >= 0.3 is 11.9 Å². The molecule has 0 saturated carbocycles. The van der Waals surface area contributed by atoms with E-state index in [4.69, 9.17) is 9.47 Å². The van der Waals surface area contributed by atoms with Crippen LogP contribution in [0.1, 0.15) is 32.0 Å². The van der Waals surface area contributed by atoms with Gasteiger partial charge in [0, 0.05) is 16.5 Å². The van der Waals surface area contributed by atoms with Crippen molar-refractivity contribution in [3.05, 3.63) is 46.6 Å². The third-order valence-electron chi connectivity index (χ3n) is 4.05. The second-order valence-corrected chi connectivity index (χ2v) is 6.96. The highest BCUT2D eigenvalue weighted by Gasteiger charge is 2.36. The smallest absolute Gasteiger partial charge is 0.340 e. The summed E-state index contributed by atoms with van der Waals surface area (Å²) in [5.74, 6) is -0.796. The SMILES string of the molecule is COC(=O)c1c(C(=O)OC)c(-c2ccc(C)cc2)n2c1C[S@](=O)C2. The Kier molecular flexibility index (Phi) is 4.28. The fraction of sp³-hybridized carbons (Fsp3) is 0.294. The average Bonchev–Trinajstić information content (AvgIpc) is 3.08. The Morgan fingerprint density at radius 3 is 2.21 bits per heavy atom. The largest absolute Gasteiger partial charge is 0.465 e. The maximum absolute atomic E-state index is 12.4. The molecule has 0 unspecified atom stereocenters. The molecule has 1 aliphatic rings. The molecule has 0 spiro atoms. The molecule has 0 aliphatic carbocycles. The van der Waals surface area contributed by atoms with Gasteiger partial charge in [0.15, 0.2) is 0 Å². The maximum atomic E-state index is 12.4. The number of carbonyl (C=O) groups excluding carboxylic acids is 2. The predicted octanol–water partition coefficient (Wildman–Crippen LogP) is 2.26. The Bertz CT molecular complexity index is 851. The lowest BCUT2D eigenvalue weighted by Gasteiger charge is -2.09. The molecular formula is C17H17NO5S. The van der Waals surface area contributed by atoms with Crippen LogP contribution in [0, 0.1) is 6.92 Å². The number of benzene rings is 1. The molecule has 1 aromatic carbocycles. The molecule has 6 nitrogen and oxygen atoms in total. The fourth-order valence-corrected chi connectivity index (χ4v) is 4.21. The van der Waals surface area contributed by atoms with Crippen LogP contribution in [-0.2, 0) is 31.9 Å². The molecule has 24 heavy (non-hydrogen) atoms. The fourth-order valence-electron chi connectivity index (χ4n) is 2.94. The first kappa shape index (κ1) is 16.4. The molecule has 0 N–H and O–H groups in total. The molecule has 126 valence electrons. The zero-order valence-electron chi connectivity index (χ0n) is 13.6. The highest BCUT2D eigenvalue weighted by atomic mass is 32.2. The molecule has 2 heterocycles. The van der Waals surface area contributed by atoms with E-state index < -0.39 is 22.7 Å². The average molecular weight is 347 g/mol. The van der Waals surface area contributed by atoms with Crippen LogP contribution in [0.4, 0.5) is 0 Å². The first-order chi connectivity index (χ1) is 11.5. The lowest BCUT2D eigenvalue weighted by Crippen LogP contribution is -2.12. The van der Waals surface area contributed by atoms with Crippen molar-refractivity contribution < 1.29 is 23.3 Å². The minimum absolute atomic E-state index is 0.144. The number of rotatable bonds is 3. The molecule has 0 amide bonds. The molecule has 3 rings (SSSR count). The van der Waals surface area contributed by atoms with Crippen molar-refractivity contribution in [2.24, 2.45) is 0 Å². The van der Waals surface area contributed by atoms with E-state index in [2.05, 4.69) is 0 Å². The van der Waals surface area contributed by atoms with Gasteiger partial charge in [-0.1, -0.05) is 29.8 Å². The highest BCUT2D eigenvalue weighted by molar-refractivity contribution is 7.83. The zero-order valence-corrected chi connectivity index (χ0v) is 14.4. The van der Waals surface area contributed by atoms with Crippen LogP contribution in [-0.4, -0.2) is 34.9 Å². The summed E-state index contributed by atoms with van der Waals surface area (Å²) in [7, 11) is 1.40. The number of aromatic nitrogens is 1. The van der Waals surface area contributed by atoms with Gasteiger partial charge in [-0.3, -0.25) is 4.21 Å². The van der Waals surface area contributed by atoms with Crippen molar-refractivity contribution >= 4 is 22.7 Å². The highest BCUT2D eigenvalue weighted by Crippen LogP contribution is 2.37. The van der Waals surface area contributed by atoms with Gasteiger partial charge in [0.2, 0.25) is 0 Å². The van der Waals surface area contributed by atoms with E-state index >= 15 is 0 Å². The molecule has 1 aliphatic heterocycles. The van der Waals surface area contributed by atoms with Gasteiger partial charge in [0.05, 0.1) is 37.1 Å². The Hall–Kier alpha value is -2.41. The minimum atomic E-state index is -1.13. The number of fused-ring (bicyclic) bond motifs is 1. The van der Waals surface area contributed by atoms with Gasteiger partial charge in [-0.15, -0.1) is 0 Å². The number of hydrogen-bond acceptors (Lipinski definition) is 5. The Balaban J connectivity index is 2.34. The molecule has 0 fully saturated rings. The summed E-state index contributed by atoms with van der Waals surface area (Å²) in [5, 5.41) is 0. The Morgan fingerprint density at radius 2 is 1.62 bits per heavy atom. The van der Waals surface area contributed by atoms with E-state index in [1.54, 1.807) is 4.57 Å². The zero-order chi connectivity index (χ0) is 17.4. The second kappa shape index (κ2) is 6.24. The molecule has 0 radical (unpaired) electrons. The van der Waals surface area contributed by atoms with E-state index in [1.165, 1.54) is 14.2 Å². The first-order valence-corrected chi connectivity index (χ1v) is 8.80. The van der Waals surface area contributed by atoms with Crippen molar-refractivity contribution in [1.82, 2.24) is 4.57 Å². The molecule has 0 bridgehead atoms. The van der Waals surface area contributed by atoms with Crippen LogP contribution >= 0.6 is 0 Å². The summed E-state index contributed by atoms with van der Waals surface area (Å²) < 4.78 is 23.5. The van der Waals surface area contributed by atoms with E-state index in [0.29, 0.717) is 11.4 Å². The molecule has 0 saturated heterocycles. The van der Waals surface area contributed by atoms with E-state index in [1.807, 2.05) is 31.2 Å². The number of aryl methyl sites for hydroxylation is 1. The van der Waals surface area contributed by atoms with Crippen LogP contribution in [0.25, 0.3) is 11.3 Å². The summed E-state index contributed by atoms with van der Waals surface area (Å²) in [6.45, 7) is 1.96. The van der Waals surface area contributed by atoms with Gasteiger partial charge < -0.3 is 14.0 Å². The van der Waals surface area contributed by atoms with Crippen molar-refractivity contribution in [2.45, 2.75) is 18.6 Å². The van der Waals surface area contributed by atoms with Gasteiger partial charge in [-0.05, 0) is 12.5 Å². The van der Waals surface area contributed by atoms with Gasteiger partial charge in [0.1, 0.15) is 5.56 Å². The minimum Gasteiger partial charge on any atom is -0.465 e. The van der Waals surface area contributed by atoms with Crippen LogP contribution < -0.4 is 0 Å². The first-order valence-electron chi connectivity index (χ1n) is 7.32. The Morgan fingerprint density at radius 1 is 1.04 bits per heavy atom. The maximum Gasteiger partial charge on any atom is 0.340 e. The van der Waals surface area contributed by atoms with Crippen LogP contribution in [0.3, 0.4) is 0 Å². The summed E-state index contributed by atoms with van der Waals surface area (Å²) in [5.41, 5.74) is 3.24. The van der Waals surface area contributed by atoms with Crippen LogP contribution in [0.2, 0.25) is 0 Å². The topological polar surface area (TPSA) is 74.6 Å². The molecule has 7 heteroatoms. The summed E-state index contributed by atoms with van der Waals surface area (Å²) >= 11 is 0. The number of methoxy groups -OCH3 is 2. The van der Waals surface area contributed by atoms with E-state index in [9.17, 15) is 13.8 Å². The summed E-state index contributed by atoms with van der Waals surface area (Å²) in [6, 6.07) is 7.57. The summed E-state index contributed by atoms with van der Waals surface area (Å²) in [6.07, 6.45) is 0. The third kappa shape index (κ3) is 2.54. The Labute approximate surface area is 141 Å². The molecule has 2 aromatic rings. The number of ether oxygens (including phenoxy) is 2. The van der Waals surface area contributed by atoms with Gasteiger partial charge in [-0.2, -0.15) is 0 Å². The third-order valence-corrected chi connectivity index (χ3v) is 5.19. The van der Waals surface area contributed by atoms with Crippen molar-refractivity contribution in [2.75, 3.05) is 14.2 Å². The quantitative estimate of drug-likeness (QED) is 0.796. The van der Waals surface area contributed by atoms with Crippen LogP contribution in [0.5, 0.6) is 0 Å². The normalized spacial score (nSPS) is 15.9. The number of esters is 2. The van der Waals surface area contributed by atoms with Crippen molar-refractivity contribution in [1.29, 1.82) is 0 Å². The van der Waals surface area contributed by atoms with Gasteiger partial charge in [-0.25, -0.2) is 9.59 Å². The molecule has 1 atom stereocenters. The number of hydrogen-bond donors (Lipinski definition) is 0. The van der Waals surface area contributed by atoms with E-state index in [-0.39, 0.29) is 22.8 Å². The monoisotopic (exact) mass is 347 g/mol.